The number of aliphatic imine (C=N–C) groups is 1. The average Bonchev–Trinajstić information content (AvgIpc) is 3.28. The molecule has 0 bridgehead atoms. The van der Waals surface area contributed by atoms with E-state index in [4.69, 9.17) is 23.2 Å². The Morgan fingerprint density at radius 1 is 1.00 bits per heavy atom. The van der Waals surface area contributed by atoms with Crippen LogP contribution in [0.5, 0.6) is 0 Å². The van der Waals surface area contributed by atoms with E-state index in [0.29, 0.717) is 29.1 Å². The van der Waals surface area contributed by atoms with E-state index in [9.17, 15) is 4.79 Å². The van der Waals surface area contributed by atoms with E-state index >= 15 is 0 Å². The van der Waals surface area contributed by atoms with Crippen LogP contribution >= 0.6 is 23.2 Å². The second-order valence-corrected chi connectivity index (χ2v) is 8.89. The Morgan fingerprint density at radius 2 is 1.75 bits per heavy atom. The zero-order valence-electron chi connectivity index (χ0n) is 17.7. The normalized spacial score (nSPS) is 20.7. The fourth-order valence-corrected chi connectivity index (χ4v) is 5.06. The zero-order valence-corrected chi connectivity index (χ0v) is 19.2. The summed E-state index contributed by atoms with van der Waals surface area (Å²) in [6.07, 6.45) is 3.55. The van der Waals surface area contributed by atoms with Crippen molar-refractivity contribution in [3.63, 3.8) is 0 Å². The molecule has 1 fully saturated rings. The summed E-state index contributed by atoms with van der Waals surface area (Å²) in [7, 11) is 0. The van der Waals surface area contributed by atoms with Gasteiger partial charge in [-0.05, 0) is 30.7 Å². The lowest BCUT2D eigenvalue weighted by atomic mass is 9.86. The van der Waals surface area contributed by atoms with Crippen LogP contribution in [0, 0.1) is 5.92 Å². The van der Waals surface area contributed by atoms with Crippen molar-refractivity contribution >= 4 is 46.5 Å². The van der Waals surface area contributed by atoms with Gasteiger partial charge < -0.3 is 14.4 Å². The number of rotatable bonds is 3. The summed E-state index contributed by atoms with van der Waals surface area (Å²) in [5.41, 5.74) is 2.72. The van der Waals surface area contributed by atoms with Gasteiger partial charge in [0.05, 0.1) is 16.1 Å². The van der Waals surface area contributed by atoms with Crippen molar-refractivity contribution in [2.75, 3.05) is 31.1 Å². The van der Waals surface area contributed by atoms with E-state index in [2.05, 4.69) is 27.0 Å². The predicted octanol–water partition coefficient (Wildman–Crippen LogP) is 4.85. The van der Waals surface area contributed by atoms with Gasteiger partial charge in [0.2, 0.25) is 11.9 Å². The van der Waals surface area contributed by atoms with Crippen molar-refractivity contribution in [3.05, 3.63) is 76.5 Å². The molecule has 2 aliphatic heterocycles. The lowest BCUT2D eigenvalue weighted by Crippen LogP contribution is -2.53. The van der Waals surface area contributed by atoms with Crippen LogP contribution in [-0.2, 0) is 4.79 Å². The minimum Gasteiger partial charge on any atom is -0.368 e. The Balaban J connectivity index is 1.45. The first-order chi connectivity index (χ1) is 15.5. The molecule has 2 aromatic carbocycles. The Labute approximate surface area is 197 Å². The molecule has 6 nitrogen and oxygen atoms in total. The molecule has 0 radical (unpaired) electrons. The van der Waals surface area contributed by atoms with E-state index in [1.807, 2.05) is 52.9 Å². The van der Waals surface area contributed by atoms with E-state index in [1.165, 1.54) is 5.69 Å². The van der Waals surface area contributed by atoms with Crippen LogP contribution in [0.4, 0.5) is 11.6 Å². The zero-order chi connectivity index (χ0) is 22.2. The molecule has 0 saturated carbocycles. The highest BCUT2D eigenvalue weighted by Crippen LogP contribution is 2.41. The molecule has 2 atom stereocenters. The van der Waals surface area contributed by atoms with Crippen LogP contribution in [0.25, 0.3) is 0 Å². The van der Waals surface area contributed by atoms with Crippen molar-refractivity contribution in [3.8, 4) is 0 Å². The molecular formula is C24H23Cl2N5O. The quantitative estimate of drug-likeness (QED) is 0.552. The lowest BCUT2D eigenvalue weighted by molar-refractivity contribution is -0.134. The highest BCUT2D eigenvalue weighted by molar-refractivity contribution is 6.42. The number of halogens is 2. The van der Waals surface area contributed by atoms with Gasteiger partial charge in [0.1, 0.15) is 5.92 Å². The van der Waals surface area contributed by atoms with Gasteiger partial charge in [0, 0.05) is 50.0 Å². The SMILES string of the molecule is CC1=Nc2nccn2C(c2cccc(Cl)c2Cl)C1C(=O)N1CCN(c2ccccc2)CC1. The molecule has 1 amide bonds. The van der Waals surface area contributed by atoms with Crippen LogP contribution < -0.4 is 4.90 Å². The first-order valence-corrected chi connectivity index (χ1v) is 11.4. The number of piperazine rings is 1. The van der Waals surface area contributed by atoms with Gasteiger partial charge in [-0.2, -0.15) is 0 Å². The number of nitrogens with zero attached hydrogens (tertiary/aromatic N) is 5. The number of carbonyl (C=O) groups is 1. The fourth-order valence-electron chi connectivity index (χ4n) is 4.64. The molecule has 0 spiro atoms. The Morgan fingerprint density at radius 3 is 2.50 bits per heavy atom. The Kier molecular flexibility index (Phi) is 5.66. The van der Waals surface area contributed by atoms with Crippen LogP contribution in [0.1, 0.15) is 18.5 Å². The number of carbonyl (C=O) groups excluding carboxylic acids is 1. The molecule has 3 aromatic rings. The minimum atomic E-state index is -0.476. The molecule has 5 rings (SSSR count). The number of hydrogen-bond donors (Lipinski definition) is 0. The van der Waals surface area contributed by atoms with Crippen LogP contribution in [0.2, 0.25) is 10.0 Å². The van der Waals surface area contributed by atoms with E-state index in [0.717, 1.165) is 24.4 Å². The molecule has 8 heteroatoms. The molecule has 2 aliphatic rings. The number of imidazole rings is 1. The van der Waals surface area contributed by atoms with Crippen molar-refractivity contribution in [1.82, 2.24) is 14.5 Å². The van der Waals surface area contributed by atoms with Crippen molar-refractivity contribution in [2.24, 2.45) is 10.9 Å². The summed E-state index contributed by atoms with van der Waals surface area (Å²) in [6.45, 7) is 4.79. The molecule has 1 saturated heterocycles. The number of hydrogen-bond acceptors (Lipinski definition) is 4. The third-order valence-electron chi connectivity index (χ3n) is 6.27. The number of anilines is 1. The second-order valence-electron chi connectivity index (χ2n) is 8.10. The van der Waals surface area contributed by atoms with Gasteiger partial charge in [-0.25, -0.2) is 9.98 Å². The highest BCUT2D eigenvalue weighted by Gasteiger charge is 2.41. The molecule has 2 unspecified atom stereocenters. The maximum absolute atomic E-state index is 13.8. The number of fused-ring (bicyclic) bond motifs is 1. The molecule has 164 valence electrons. The van der Waals surface area contributed by atoms with Gasteiger partial charge >= 0.3 is 0 Å². The smallest absolute Gasteiger partial charge is 0.233 e. The molecule has 0 aliphatic carbocycles. The summed E-state index contributed by atoms with van der Waals surface area (Å²) in [6, 6.07) is 15.5. The Hall–Kier alpha value is -2.83. The second kappa shape index (κ2) is 8.60. The van der Waals surface area contributed by atoms with E-state index < -0.39 is 5.92 Å². The molecule has 32 heavy (non-hydrogen) atoms. The third kappa shape index (κ3) is 3.67. The van der Waals surface area contributed by atoms with Crippen molar-refractivity contribution in [1.29, 1.82) is 0 Å². The Bertz CT molecular complexity index is 1170. The van der Waals surface area contributed by atoms with E-state index in [-0.39, 0.29) is 11.9 Å². The fraction of sp³-hybridized carbons (Fsp3) is 0.292. The maximum atomic E-state index is 13.8. The number of amides is 1. The lowest BCUT2D eigenvalue weighted by Gasteiger charge is -2.40. The van der Waals surface area contributed by atoms with Gasteiger partial charge in [-0.15, -0.1) is 0 Å². The number of para-hydroxylation sites is 1. The van der Waals surface area contributed by atoms with Crippen LogP contribution in [0.3, 0.4) is 0 Å². The van der Waals surface area contributed by atoms with Gasteiger partial charge in [0.15, 0.2) is 0 Å². The molecule has 1 aromatic heterocycles. The summed E-state index contributed by atoms with van der Waals surface area (Å²) < 4.78 is 1.92. The van der Waals surface area contributed by atoms with Gasteiger partial charge in [0.25, 0.3) is 0 Å². The summed E-state index contributed by atoms with van der Waals surface area (Å²) in [5, 5.41) is 0.925. The summed E-state index contributed by atoms with van der Waals surface area (Å²) in [5.74, 6) is 0.150. The summed E-state index contributed by atoms with van der Waals surface area (Å²) in [4.78, 5) is 27.1. The van der Waals surface area contributed by atoms with Crippen molar-refractivity contribution < 1.29 is 4.79 Å². The molecular weight excluding hydrogens is 445 g/mol. The standard InChI is InChI=1S/C24H23Cl2N5O/c1-16-20(23(32)30-14-12-29(13-15-30)17-6-3-2-4-7-17)22(31-11-10-27-24(31)28-16)18-8-5-9-19(25)21(18)26/h2-11,20,22H,12-15H2,1H3. The summed E-state index contributed by atoms with van der Waals surface area (Å²) >= 11 is 12.9. The van der Waals surface area contributed by atoms with Crippen LogP contribution in [0.15, 0.2) is 65.9 Å². The predicted molar refractivity (Wildman–Crippen MR) is 128 cm³/mol. The third-order valence-corrected chi connectivity index (χ3v) is 7.10. The molecule has 0 N–H and O–H groups in total. The van der Waals surface area contributed by atoms with Crippen molar-refractivity contribution in [2.45, 2.75) is 13.0 Å². The average molecular weight is 468 g/mol. The first-order valence-electron chi connectivity index (χ1n) is 10.7. The van der Waals surface area contributed by atoms with Crippen LogP contribution in [-0.4, -0.2) is 52.2 Å². The minimum absolute atomic E-state index is 0.0550. The monoisotopic (exact) mass is 467 g/mol. The maximum Gasteiger partial charge on any atom is 0.233 e. The topological polar surface area (TPSA) is 53.7 Å². The van der Waals surface area contributed by atoms with Gasteiger partial charge in [-0.1, -0.05) is 53.5 Å². The largest absolute Gasteiger partial charge is 0.368 e. The van der Waals surface area contributed by atoms with Gasteiger partial charge in [-0.3, -0.25) is 4.79 Å². The highest BCUT2D eigenvalue weighted by atomic mass is 35.5. The first kappa shape index (κ1) is 21.0. The van der Waals surface area contributed by atoms with E-state index in [1.54, 1.807) is 12.3 Å². The molecule has 3 heterocycles. The number of aromatic nitrogens is 2. The number of benzene rings is 2.